The standard InChI is InChI=1S/C22H27N3O/c1-22(13-3-5-15-25(22)16-20-6-2-4-14-23-20)21(26)24-19-11-9-18(10-12-19)17-7-8-17/h2,4,6,9-12,14,17H,3,5,7-8,13,15-16H2,1H3,(H,24,26). The number of rotatable bonds is 5. The number of likely N-dealkylation sites (tertiary alicyclic amines) is 1. The Labute approximate surface area is 155 Å². The van der Waals surface area contributed by atoms with Crippen molar-refractivity contribution < 1.29 is 4.79 Å². The van der Waals surface area contributed by atoms with Gasteiger partial charge in [0.2, 0.25) is 5.91 Å². The van der Waals surface area contributed by atoms with E-state index in [1.165, 1.54) is 18.4 Å². The Kier molecular flexibility index (Phi) is 4.77. The van der Waals surface area contributed by atoms with Gasteiger partial charge in [-0.25, -0.2) is 0 Å². The first-order chi connectivity index (χ1) is 12.6. The number of aromatic nitrogens is 1. The fourth-order valence-corrected chi connectivity index (χ4v) is 3.90. The second-order valence-corrected chi connectivity index (χ2v) is 7.82. The van der Waals surface area contributed by atoms with Gasteiger partial charge in [-0.15, -0.1) is 0 Å². The van der Waals surface area contributed by atoms with Gasteiger partial charge in [0.15, 0.2) is 0 Å². The number of amides is 1. The quantitative estimate of drug-likeness (QED) is 0.873. The number of hydrogen-bond donors (Lipinski definition) is 1. The summed E-state index contributed by atoms with van der Waals surface area (Å²) >= 11 is 0. The highest BCUT2D eigenvalue weighted by Gasteiger charge is 2.41. The summed E-state index contributed by atoms with van der Waals surface area (Å²) in [5.41, 5.74) is 2.81. The van der Waals surface area contributed by atoms with Crippen LogP contribution in [0.25, 0.3) is 0 Å². The molecule has 1 saturated carbocycles. The first-order valence-electron chi connectivity index (χ1n) is 9.71. The zero-order valence-electron chi connectivity index (χ0n) is 15.4. The maximum Gasteiger partial charge on any atom is 0.244 e. The molecule has 1 aliphatic carbocycles. The van der Waals surface area contributed by atoms with Gasteiger partial charge < -0.3 is 5.32 Å². The molecule has 26 heavy (non-hydrogen) atoms. The van der Waals surface area contributed by atoms with Crippen molar-refractivity contribution in [3.8, 4) is 0 Å². The van der Waals surface area contributed by atoms with Crippen LogP contribution in [-0.2, 0) is 11.3 Å². The molecule has 2 aromatic rings. The summed E-state index contributed by atoms with van der Waals surface area (Å²) in [6.45, 7) is 3.72. The lowest BCUT2D eigenvalue weighted by atomic mass is 9.87. The van der Waals surface area contributed by atoms with Gasteiger partial charge in [0.25, 0.3) is 0 Å². The molecule has 2 aliphatic rings. The van der Waals surface area contributed by atoms with Gasteiger partial charge in [0.1, 0.15) is 0 Å². The average Bonchev–Trinajstić information content (AvgIpc) is 3.50. The molecule has 4 heteroatoms. The summed E-state index contributed by atoms with van der Waals surface area (Å²) < 4.78 is 0. The molecule has 1 aromatic carbocycles. The number of carbonyl (C=O) groups excluding carboxylic acids is 1. The molecule has 1 unspecified atom stereocenters. The van der Waals surface area contributed by atoms with Crippen LogP contribution < -0.4 is 5.32 Å². The monoisotopic (exact) mass is 349 g/mol. The van der Waals surface area contributed by atoms with E-state index in [1.807, 2.05) is 36.5 Å². The molecular weight excluding hydrogens is 322 g/mol. The van der Waals surface area contributed by atoms with Gasteiger partial charge in [0.05, 0.1) is 11.2 Å². The van der Waals surface area contributed by atoms with Gasteiger partial charge in [-0.3, -0.25) is 14.7 Å². The number of anilines is 1. The van der Waals surface area contributed by atoms with Crippen LogP contribution in [0.1, 0.15) is 56.2 Å². The number of hydrogen-bond acceptors (Lipinski definition) is 3. The van der Waals surface area contributed by atoms with E-state index in [0.717, 1.165) is 43.1 Å². The Bertz CT molecular complexity index is 755. The lowest BCUT2D eigenvalue weighted by Gasteiger charge is -2.43. The highest BCUT2D eigenvalue weighted by Crippen LogP contribution is 2.40. The molecule has 2 fully saturated rings. The third kappa shape index (κ3) is 3.65. The second-order valence-electron chi connectivity index (χ2n) is 7.82. The molecule has 1 aliphatic heterocycles. The summed E-state index contributed by atoms with van der Waals surface area (Å²) in [7, 11) is 0. The molecule has 1 N–H and O–H groups in total. The lowest BCUT2D eigenvalue weighted by molar-refractivity contribution is -0.129. The smallest absolute Gasteiger partial charge is 0.244 e. The van der Waals surface area contributed by atoms with Crippen molar-refractivity contribution in [2.75, 3.05) is 11.9 Å². The van der Waals surface area contributed by atoms with Crippen LogP contribution in [0.4, 0.5) is 5.69 Å². The average molecular weight is 349 g/mol. The largest absolute Gasteiger partial charge is 0.324 e. The number of nitrogens with zero attached hydrogens (tertiary/aromatic N) is 2. The molecule has 1 amide bonds. The molecule has 1 aromatic heterocycles. The van der Waals surface area contributed by atoms with Crippen LogP contribution in [0.3, 0.4) is 0 Å². The van der Waals surface area contributed by atoms with Gasteiger partial charge in [0, 0.05) is 18.4 Å². The Balaban J connectivity index is 1.47. The maximum atomic E-state index is 13.1. The first kappa shape index (κ1) is 17.2. The van der Waals surface area contributed by atoms with Crippen LogP contribution >= 0.6 is 0 Å². The molecule has 0 bridgehead atoms. The molecule has 1 atom stereocenters. The molecule has 0 radical (unpaired) electrons. The van der Waals surface area contributed by atoms with Crippen LogP contribution in [0.15, 0.2) is 48.7 Å². The minimum absolute atomic E-state index is 0.0901. The summed E-state index contributed by atoms with van der Waals surface area (Å²) in [5.74, 6) is 0.830. The van der Waals surface area contributed by atoms with Crippen molar-refractivity contribution in [2.24, 2.45) is 0 Å². The van der Waals surface area contributed by atoms with E-state index >= 15 is 0 Å². The third-order valence-electron chi connectivity index (χ3n) is 5.83. The van der Waals surface area contributed by atoms with E-state index in [2.05, 4.69) is 34.3 Å². The van der Waals surface area contributed by atoms with Crippen molar-refractivity contribution in [1.29, 1.82) is 0 Å². The molecular formula is C22H27N3O. The van der Waals surface area contributed by atoms with Crippen LogP contribution in [0, 0.1) is 0 Å². The minimum atomic E-state index is -0.495. The Morgan fingerprint density at radius 3 is 2.69 bits per heavy atom. The summed E-state index contributed by atoms with van der Waals surface area (Å²) in [5, 5.41) is 3.15. The molecule has 0 spiro atoms. The number of carbonyl (C=O) groups is 1. The van der Waals surface area contributed by atoms with Gasteiger partial charge in [-0.2, -0.15) is 0 Å². The number of piperidine rings is 1. The highest BCUT2D eigenvalue weighted by molar-refractivity contribution is 5.97. The van der Waals surface area contributed by atoms with Crippen molar-refractivity contribution in [3.05, 3.63) is 59.9 Å². The lowest BCUT2D eigenvalue weighted by Crippen LogP contribution is -2.56. The summed E-state index contributed by atoms with van der Waals surface area (Å²) in [6, 6.07) is 14.4. The van der Waals surface area contributed by atoms with E-state index in [4.69, 9.17) is 0 Å². The molecule has 2 heterocycles. The van der Waals surface area contributed by atoms with E-state index in [1.54, 1.807) is 0 Å². The minimum Gasteiger partial charge on any atom is -0.324 e. The SMILES string of the molecule is CC1(C(=O)Nc2ccc(C3CC3)cc2)CCCCN1Cc1ccccn1. The Hall–Kier alpha value is -2.20. The predicted octanol–water partition coefficient (Wildman–Crippen LogP) is 4.34. The van der Waals surface area contributed by atoms with Crippen molar-refractivity contribution in [1.82, 2.24) is 9.88 Å². The second kappa shape index (κ2) is 7.20. The molecule has 1 saturated heterocycles. The summed E-state index contributed by atoms with van der Waals surface area (Å²) in [6.07, 6.45) is 7.51. The maximum absolute atomic E-state index is 13.1. The number of nitrogens with one attached hydrogen (secondary N) is 1. The molecule has 136 valence electrons. The number of pyridine rings is 1. The third-order valence-corrected chi connectivity index (χ3v) is 5.83. The van der Waals surface area contributed by atoms with Crippen molar-refractivity contribution in [3.63, 3.8) is 0 Å². The Morgan fingerprint density at radius 2 is 2.00 bits per heavy atom. The van der Waals surface area contributed by atoms with E-state index < -0.39 is 5.54 Å². The van der Waals surface area contributed by atoms with Gasteiger partial charge in [-0.05, 0) is 81.3 Å². The Morgan fingerprint density at radius 1 is 1.19 bits per heavy atom. The van der Waals surface area contributed by atoms with E-state index in [9.17, 15) is 4.79 Å². The van der Waals surface area contributed by atoms with Crippen molar-refractivity contribution >= 4 is 11.6 Å². The van der Waals surface area contributed by atoms with Crippen LogP contribution in [0.2, 0.25) is 0 Å². The van der Waals surface area contributed by atoms with Crippen molar-refractivity contribution in [2.45, 2.75) is 57.0 Å². The zero-order valence-corrected chi connectivity index (χ0v) is 15.4. The van der Waals surface area contributed by atoms with Crippen LogP contribution in [0.5, 0.6) is 0 Å². The van der Waals surface area contributed by atoms with E-state index in [-0.39, 0.29) is 5.91 Å². The number of benzene rings is 1. The normalized spacial score (nSPS) is 23.6. The highest BCUT2D eigenvalue weighted by atomic mass is 16.2. The molecule has 4 rings (SSSR count). The summed E-state index contributed by atoms with van der Waals surface area (Å²) in [4.78, 5) is 19.9. The zero-order chi connectivity index (χ0) is 18.0. The fourth-order valence-electron chi connectivity index (χ4n) is 3.90. The van der Waals surface area contributed by atoms with Gasteiger partial charge in [-0.1, -0.05) is 18.2 Å². The first-order valence-corrected chi connectivity index (χ1v) is 9.71. The topological polar surface area (TPSA) is 45.2 Å². The molecule has 4 nitrogen and oxygen atoms in total. The van der Waals surface area contributed by atoms with Gasteiger partial charge >= 0.3 is 0 Å². The fraction of sp³-hybridized carbons (Fsp3) is 0.455. The van der Waals surface area contributed by atoms with Crippen LogP contribution in [-0.4, -0.2) is 27.9 Å². The predicted molar refractivity (Wildman–Crippen MR) is 104 cm³/mol. The van der Waals surface area contributed by atoms with E-state index in [0.29, 0.717) is 6.54 Å².